The molecule has 0 saturated heterocycles. The number of carbonyl (C=O) groups excluding carboxylic acids is 3. The Balaban J connectivity index is 1.80. The summed E-state index contributed by atoms with van der Waals surface area (Å²) in [5.41, 5.74) is -0.360. The molecule has 6 nitrogen and oxygen atoms in total. The van der Waals surface area contributed by atoms with Crippen LogP contribution in [0.25, 0.3) is 0 Å². The SMILES string of the molecule is C[C@H](NC(=O)c1ccccc1)C(=O)OCC(=O)Nc1ccc(C(F)(F)F)cc1. The van der Waals surface area contributed by atoms with Crippen LogP contribution in [0, 0.1) is 0 Å². The average molecular weight is 394 g/mol. The summed E-state index contributed by atoms with van der Waals surface area (Å²) in [7, 11) is 0. The fourth-order valence-corrected chi connectivity index (χ4v) is 2.13. The maximum absolute atomic E-state index is 12.5. The first-order valence-electron chi connectivity index (χ1n) is 8.16. The van der Waals surface area contributed by atoms with Gasteiger partial charge in [-0.15, -0.1) is 0 Å². The summed E-state index contributed by atoms with van der Waals surface area (Å²) in [5.74, 6) is -2.03. The molecule has 0 aromatic heterocycles. The van der Waals surface area contributed by atoms with Gasteiger partial charge in [0.1, 0.15) is 6.04 Å². The normalized spacial score (nSPS) is 12.0. The molecular weight excluding hydrogens is 377 g/mol. The number of esters is 1. The highest BCUT2D eigenvalue weighted by Crippen LogP contribution is 2.29. The van der Waals surface area contributed by atoms with Gasteiger partial charge in [0.05, 0.1) is 5.56 Å². The van der Waals surface area contributed by atoms with Gasteiger partial charge in [0, 0.05) is 11.3 Å². The molecule has 0 saturated carbocycles. The molecule has 2 aromatic rings. The zero-order chi connectivity index (χ0) is 20.7. The number of amides is 2. The van der Waals surface area contributed by atoms with Gasteiger partial charge < -0.3 is 15.4 Å². The Morgan fingerprint density at radius 2 is 1.61 bits per heavy atom. The summed E-state index contributed by atoms with van der Waals surface area (Å²) >= 11 is 0. The Kier molecular flexibility index (Phi) is 6.75. The summed E-state index contributed by atoms with van der Waals surface area (Å²) in [6.45, 7) is 0.752. The molecule has 2 N–H and O–H groups in total. The number of nitrogens with one attached hydrogen (secondary N) is 2. The van der Waals surface area contributed by atoms with Crippen molar-refractivity contribution >= 4 is 23.5 Å². The topological polar surface area (TPSA) is 84.5 Å². The summed E-state index contributed by atoms with van der Waals surface area (Å²) in [4.78, 5) is 35.6. The van der Waals surface area contributed by atoms with Crippen LogP contribution in [0.5, 0.6) is 0 Å². The van der Waals surface area contributed by atoms with Gasteiger partial charge in [-0.2, -0.15) is 13.2 Å². The summed E-state index contributed by atoms with van der Waals surface area (Å²) < 4.78 is 42.3. The van der Waals surface area contributed by atoms with Gasteiger partial charge in [-0.25, -0.2) is 4.79 Å². The summed E-state index contributed by atoms with van der Waals surface area (Å²) in [6, 6.07) is 11.1. The molecule has 0 radical (unpaired) electrons. The Morgan fingerprint density at radius 1 is 1.00 bits per heavy atom. The number of rotatable bonds is 6. The fourth-order valence-electron chi connectivity index (χ4n) is 2.13. The Morgan fingerprint density at radius 3 is 2.18 bits per heavy atom. The Labute approximate surface area is 158 Å². The third kappa shape index (κ3) is 6.11. The number of hydrogen-bond donors (Lipinski definition) is 2. The Hall–Kier alpha value is -3.36. The molecule has 148 valence electrons. The minimum atomic E-state index is -4.47. The van der Waals surface area contributed by atoms with E-state index >= 15 is 0 Å². The number of carbonyl (C=O) groups is 3. The second-order valence-corrected chi connectivity index (χ2v) is 5.79. The van der Waals surface area contributed by atoms with E-state index in [1.807, 2.05) is 0 Å². The quantitative estimate of drug-likeness (QED) is 0.738. The third-order valence-electron chi connectivity index (χ3n) is 3.58. The number of alkyl halides is 3. The lowest BCUT2D eigenvalue weighted by atomic mass is 10.2. The molecule has 9 heteroatoms. The van der Waals surface area contributed by atoms with E-state index in [2.05, 4.69) is 10.6 Å². The molecule has 28 heavy (non-hydrogen) atoms. The first-order chi connectivity index (χ1) is 13.2. The highest BCUT2D eigenvalue weighted by atomic mass is 19.4. The van der Waals surface area contributed by atoms with Crippen molar-refractivity contribution in [2.24, 2.45) is 0 Å². The lowest BCUT2D eigenvalue weighted by Crippen LogP contribution is -2.40. The van der Waals surface area contributed by atoms with Crippen molar-refractivity contribution < 1.29 is 32.3 Å². The monoisotopic (exact) mass is 394 g/mol. The summed E-state index contributed by atoms with van der Waals surface area (Å²) in [6.07, 6.45) is -4.47. The van der Waals surface area contributed by atoms with Crippen molar-refractivity contribution in [1.82, 2.24) is 5.32 Å². The molecule has 0 aliphatic carbocycles. The molecule has 2 aromatic carbocycles. The first kappa shape index (κ1) is 20.9. The minimum Gasteiger partial charge on any atom is -0.454 e. The van der Waals surface area contributed by atoms with Crippen LogP contribution in [0.2, 0.25) is 0 Å². The van der Waals surface area contributed by atoms with Crippen molar-refractivity contribution in [2.45, 2.75) is 19.1 Å². The molecule has 0 aliphatic rings. The van der Waals surface area contributed by atoms with Gasteiger partial charge >= 0.3 is 12.1 Å². The van der Waals surface area contributed by atoms with Crippen LogP contribution in [-0.4, -0.2) is 30.4 Å². The Bertz CT molecular complexity index is 837. The lowest BCUT2D eigenvalue weighted by Gasteiger charge is -2.13. The van der Waals surface area contributed by atoms with Crippen molar-refractivity contribution in [3.8, 4) is 0 Å². The van der Waals surface area contributed by atoms with E-state index in [4.69, 9.17) is 4.74 Å². The van der Waals surface area contributed by atoms with Gasteiger partial charge in [-0.1, -0.05) is 18.2 Å². The second-order valence-electron chi connectivity index (χ2n) is 5.79. The van der Waals surface area contributed by atoms with Crippen molar-refractivity contribution in [2.75, 3.05) is 11.9 Å². The zero-order valence-corrected chi connectivity index (χ0v) is 14.7. The van der Waals surface area contributed by atoms with Crippen molar-refractivity contribution in [1.29, 1.82) is 0 Å². The molecule has 0 unspecified atom stereocenters. The van der Waals surface area contributed by atoms with E-state index in [1.54, 1.807) is 30.3 Å². The van der Waals surface area contributed by atoms with E-state index < -0.39 is 42.2 Å². The zero-order valence-electron chi connectivity index (χ0n) is 14.7. The fraction of sp³-hybridized carbons (Fsp3) is 0.211. The molecule has 0 bridgehead atoms. The second kappa shape index (κ2) is 9.03. The molecule has 0 spiro atoms. The van der Waals surface area contributed by atoms with Crippen LogP contribution in [-0.2, 0) is 20.5 Å². The molecule has 1 atom stereocenters. The first-order valence-corrected chi connectivity index (χ1v) is 8.16. The molecular formula is C19H17F3N2O4. The van der Waals surface area contributed by atoms with Crippen LogP contribution in [0.3, 0.4) is 0 Å². The van der Waals surface area contributed by atoms with Gasteiger partial charge in [0.25, 0.3) is 11.8 Å². The van der Waals surface area contributed by atoms with Crippen LogP contribution in [0.15, 0.2) is 54.6 Å². The smallest absolute Gasteiger partial charge is 0.416 e. The maximum Gasteiger partial charge on any atom is 0.416 e. The maximum atomic E-state index is 12.5. The molecule has 2 rings (SSSR count). The van der Waals surface area contributed by atoms with E-state index in [0.717, 1.165) is 24.3 Å². The summed E-state index contributed by atoms with van der Waals surface area (Å²) in [5, 5.41) is 4.75. The molecule has 2 amide bonds. The van der Waals surface area contributed by atoms with E-state index in [9.17, 15) is 27.6 Å². The van der Waals surface area contributed by atoms with Gasteiger partial charge in [0.15, 0.2) is 6.61 Å². The number of ether oxygens (including phenoxy) is 1. The van der Waals surface area contributed by atoms with Gasteiger partial charge in [-0.3, -0.25) is 9.59 Å². The molecule has 0 fully saturated rings. The third-order valence-corrected chi connectivity index (χ3v) is 3.58. The van der Waals surface area contributed by atoms with Gasteiger partial charge in [-0.05, 0) is 43.3 Å². The largest absolute Gasteiger partial charge is 0.454 e. The van der Waals surface area contributed by atoms with Crippen LogP contribution < -0.4 is 10.6 Å². The van der Waals surface area contributed by atoms with Crippen molar-refractivity contribution in [3.63, 3.8) is 0 Å². The van der Waals surface area contributed by atoms with E-state index in [-0.39, 0.29) is 5.69 Å². The average Bonchev–Trinajstić information content (AvgIpc) is 2.66. The highest BCUT2D eigenvalue weighted by Gasteiger charge is 2.30. The molecule has 0 heterocycles. The number of anilines is 1. The number of hydrogen-bond acceptors (Lipinski definition) is 4. The van der Waals surface area contributed by atoms with E-state index in [1.165, 1.54) is 6.92 Å². The highest BCUT2D eigenvalue weighted by molar-refractivity contribution is 5.97. The van der Waals surface area contributed by atoms with Gasteiger partial charge in [0.2, 0.25) is 0 Å². The van der Waals surface area contributed by atoms with E-state index in [0.29, 0.717) is 5.56 Å². The van der Waals surface area contributed by atoms with Crippen LogP contribution >= 0.6 is 0 Å². The number of halogens is 3. The predicted octanol–water partition coefficient (Wildman–Crippen LogP) is 3.01. The van der Waals surface area contributed by atoms with Crippen LogP contribution in [0.4, 0.5) is 18.9 Å². The number of benzene rings is 2. The standard InChI is InChI=1S/C19H17F3N2O4/c1-12(23-17(26)13-5-3-2-4-6-13)18(27)28-11-16(25)24-15-9-7-14(8-10-15)19(20,21)22/h2-10,12H,11H2,1H3,(H,23,26)(H,24,25)/t12-/m0/s1. The minimum absolute atomic E-state index is 0.125. The van der Waals surface area contributed by atoms with Crippen LogP contribution in [0.1, 0.15) is 22.8 Å². The predicted molar refractivity (Wildman–Crippen MR) is 94.4 cm³/mol. The van der Waals surface area contributed by atoms with Crippen molar-refractivity contribution in [3.05, 3.63) is 65.7 Å². The molecule has 0 aliphatic heterocycles. The lowest BCUT2D eigenvalue weighted by molar-refractivity contribution is -0.148.